The number of aryl methyl sites for hydroxylation is 2. The third-order valence-electron chi connectivity index (χ3n) is 7.41. The van der Waals surface area contributed by atoms with Crippen molar-refractivity contribution in [2.75, 3.05) is 18.0 Å². The molecule has 0 unspecified atom stereocenters. The molecule has 2 N–H and O–H groups in total. The van der Waals surface area contributed by atoms with Crippen LogP contribution in [-0.4, -0.2) is 23.1 Å². The third-order valence-corrected chi connectivity index (χ3v) is 7.41. The van der Waals surface area contributed by atoms with Crippen LogP contribution in [0.15, 0.2) is 72.8 Å². The van der Waals surface area contributed by atoms with Gasteiger partial charge in [0.25, 0.3) is 0 Å². The maximum Gasteiger partial charge on any atom is 0.0459 e. The molecular formula is C30H31N3. The molecule has 166 valence electrons. The topological polar surface area (TPSA) is 34.8 Å². The van der Waals surface area contributed by atoms with Crippen LogP contribution >= 0.6 is 0 Å². The van der Waals surface area contributed by atoms with Crippen LogP contribution in [0.5, 0.6) is 0 Å². The van der Waals surface area contributed by atoms with Crippen molar-refractivity contribution in [3.05, 3.63) is 101 Å². The summed E-state index contributed by atoms with van der Waals surface area (Å²) in [5.74, 6) is 0.149. The van der Waals surface area contributed by atoms with Gasteiger partial charge in [0.15, 0.2) is 0 Å². The van der Waals surface area contributed by atoms with Gasteiger partial charge in [-0.3, -0.25) is 0 Å². The molecule has 1 saturated heterocycles. The van der Waals surface area contributed by atoms with Crippen LogP contribution in [0.1, 0.15) is 53.3 Å². The summed E-state index contributed by atoms with van der Waals surface area (Å²) in [5, 5.41) is 2.64. The molecular weight excluding hydrogens is 402 g/mol. The number of nitrogens with one attached hydrogen (secondary N) is 2. The number of hydrogen-bond acceptors (Lipinski definition) is 1. The lowest BCUT2D eigenvalue weighted by molar-refractivity contribution is 0.576. The second kappa shape index (κ2) is 8.15. The van der Waals surface area contributed by atoms with Crippen molar-refractivity contribution in [2.45, 2.75) is 39.0 Å². The van der Waals surface area contributed by atoms with Gasteiger partial charge < -0.3 is 14.9 Å². The molecule has 2 aromatic heterocycles. The summed E-state index contributed by atoms with van der Waals surface area (Å²) in [7, 11) is 0. The molecule has 3 nitrogen and oxygen atoms in total. The second-order valence-corrected chi connectivity index (χ2v) is 9.46. The molecule has 0 saturated carbocycles. The SMILES string of the molecule is Cc1[nH]c2ccccc2c1C(c1ccccc1N1CCCCC1)c1c(C)[nH]c2ccccc12. The van der Waals surface area contributed by atoms with E-state index in [1.54, 1.807) is 0 Å². The monoisotopic (exact) mass is 433 g/mol. The molecule has 1 aliphatic heterocycles. The Labute approximate surface area is 195 Å². The molecule has 6 rings (SSSR count). The van der Waals surface area contributed by atoms with Crippen LogP contribution in [0.2, 0.25) is 0 Å². The van der Waals surface area contributed by atoms with Crippen LogP contribution in [0.3, 0.4) is 0 Å². The largest absolute Gasteiger partial charge is 0.371 e. The molecule has 0 atom stereocenters. The van der Waals surface area contributed by atoms with E-state index < -0.39 is 0 Å². The number of hydrogen-bond donors (Lipinski definition) is 2. The maximum atomic E-state index is 3.68. The molecule has 5 aromatic rings. The quantitative estimate of drug-likeness (QED) is 0.303. The maximum absolute atomic E-state index is 3.68. The average molecular weight is 434 g/mol. The van der Waals surface area contributed by atoms with Crippen molar-refractivity contribution in [1.82, 2.24) is 9.97 Å². The van der Waals surface area contributed by atoms with Crippen molar-refractivity contribution < 1.29 is 0 Å². The summed E-state index contributed by atoms with van der Waals surface area (Å²) in [6.45, 7) is 6.75. The first-order valence-electron chi connectivity index (χ1n) is 12.2. The summed E-state index contributed by atoms with van der Waals surface area (Å²) in [6.07, 6.45) is 3.89. The number of piperidine rings is 1. The van der Waals surface area contributed by atoms with Gasteiger partial charge in [0, 0.05) is 57.9 Å². The average Bonchev–Trinajstić information content (AvgIpc) is 3.36. The van der Waals surface area contributed by atoms with E-state index in [4.69, 9.17) is 0 Å². The van der Waals surface area contributed by atoms with Crippen LogP contribution in [0.25, 0.3) is 21.8 Å². The van der Waals surface area contributed by atoms with Crippen molar-refractivity contribution in [1.29, 1.82) is 0 Å². The standard InChI is InChI=1S/C30H31N3/c1-20-28(22-12-4-7-15-25(22)31-20)30(29-21(2)32-26-16-8-5-13-23(26)29)24-14-6-9-17-27(24)33-18-10-3-11-19-33/h4-9,12-17,30-32H,3,10-11,18-19H2,1-2H3. The predicted octanol–water partition coefficient (Wildman–Crippen LogP) is 7.44. The summed E-state index contributed by atoms with van der Waals surface area (Å²) >= 11 is 0. The molecule has 33 heavy (non-hydrogen) atoms. The van der Waals surface area contributed by atoms with Gasteiger partial charge in [-0.1, -0.05) is 54.6 Å². The van der Waals surface area contributed by atoms with Crippen LogP contribution in [-0.2, 0) is 0 Å². The highest BCUT2D eigenvalue weighted by Gasteiger charge is 2.30. The van der Waals surface area contributed by atoms with E-state index in [-0.39, 0.29) is 5.92 Å². The zero-order valence-electron chi connectivity index (χ0n) is 19.5. The molecule has 1 aliphatic rings. The van der Waals surface area contributed by atoms with E-state index in [9.17, 15) is 0 Å². The van der Waals surface area contributed by atoms with Gasteiger partial charge in [-0.15, -0.1) is 0 Å². The zero-order valence-corrected chi connectivity index (χ0v) is 19.5. The lowest BCUT2D eigenvalue weighted by Crippen LogP contribution is -2.30. The highest BCUT2D eigenvalue weighted by molar-refractivity contribution is 5.91. The number of aromatic amines is 2. The summed E-state index contributed by atoms with van der Waals surface area (Å²) in [5.41, 5.74) is 10.5. The fourth-order valence-electron chi connectivity index (χ4n) is 5.95. The molecule has 1 fully saturated rings. The van der Waals surface area contributed by atoms with Crippen molar-refractivity contribution >= 4 is 27.5 Å². The fraction of sp³-hybridized carbons (Fsp3) is 0.267. The summed E-state index contributed by atoms with van der Waals surface area (Å²) in [4.78, 5) is 9.98. The second-order valence-electron chi connectivity index (χ2n) is 9.46. The van der Waals surface area contributed by atoms with Gasteiger partial charge in [0.05, 0.1) is 0 Å². The minimum Gasteiger partial charge on any atom is -0.371 e. The predicted molar refractivity (Wildman–Crippen MR) is 140 cm³/mol. The Bertz CT molecular complexity index is 1350. The molecule has 0 amide bonds. The fourth-order valence-corrected chi connectivity index (χ4v) is 5.95. The Morgan fingerprint density at radius 2 is 1.15 bits per heavy atom. The molecule has 0 radical (unpaired) electrons. The number of aromatic nitrogens is 2. The molecule has 3 aromatic carbocycles. The molecule has 3 heteroatoms. The highest BCUT2D eigenvalue weighted by Crippen LogP contribution is 2.45. The number of anilines is 1. The first-order chi connectivity index (χ1) is 16.2. The van der Waals surface area contributed by atoms with Gasteiger partial charge in [-0.2, -0.15) is 0 Å². The first-order valence-corrected chi connectivity index (χ1v) is 12.2. The Kier molecular flexibility index (Phi) is 4.98. The van der Waals surface area contributed by atoms with Crippen molar-refractivity contribution in [3.8, 4) is 0 Å². The number of H-pyrrole nitrogens is 2. The van der Waals surface area contributed by atoms with Gasteiger partial charge >= 0.3 is 0 Å². The van der Waals surface area contributed by atoms with Crippen molar-refractivity contribution in [2.24, 2.45) is 0 Å². The molecule has 0 bridgehead atoms. The van der Waals surface area contributed by atoms with E-state index >= 15 is 0 Å². The normalized spacial score (nSPS) is 14.6. The zero-order chi connectivity index (χ0) is 22.4. The smallest absolute Gasteiger partial charge is 0.0459 e. The Hall–Kier alpha value is -3.46. The van der Waals surface area contributed by atoms with Gasteiger partial charge in [0.1, 0.15) is 0 Å². The minimum absolute atomic E-state index is 0.149. The lowest BCUT2D eigenvalue weighted by Gasteiger charge is -2.33. The number of benzene rings is 3. The molecule has 0 spiro atoms. The van der Waals surface area contributed by atoms with Crippen LogP contribution in [0.4, 0.5) is 5.69 Å². The number of para-hydroxylation sites is 3. The van der Waals surface area contributed by atoms with E-state index in [1.165, 1.54) is 74.8 Å². The van der Waals surface area contributed by atoms with Crippen molar-refractivity contribution in [3.63, 3.8) is 0 Å². The highest BCUT2D eigenvalue weighted by atomic mass is 15.1. The molecule has 0 aliphatic carbocycles. The first kappa shape index (κ1) is 20.2. The number of rotatable bonds is 4. The van der Waals surface area contributed by atoms with Crippen LogP contribution in [0, 0.1) is 13.8 Å². The van der Waals surface area contributed by atoms with Gasteiger partial charge in [0.2, 0.25) is 0 Å². The lowest BCUT2D eigenvalue weighted by atomic mass is 9.81. The van der Waals surface area contributed by atoms with Crippen LogP contribution < -0.4 is 4.90 Å². The van der Waals surface area contributed by atoms with E-state index in [0.717, 1.165) is 13.1 Å². The van der Waals surface area contributed by atoms with Gasteiger partial charge in [-0.25, -0.2) is 0 Å². The van der Waals surface area contributed by atoms with E-state index in [2.05, 4.69) is 102 Å². The third kappa shape index (κ3) is 3.34. The molecule has 3 heterocycles. The summed E-state index contributed by atoms with van der Waals surface area (Å²) in [6, 6.07) is 26.6. The van der Waals surface area contributed by atoms with E-state index in [1.807, 2.05) is 0 Å². The number of nitrogens with zero attached hydrogens (tertiary/aromatic N) is 1. The Morgan fingerprint density at radius 1 is 0.636 bits per heavy atom. The number of fused-ring (bicyclic) bond motifs is 2. The Balaban J connectivity index is 1.67. The minimum atomic E-state index is 0.149. The summed E-state index contributed by atoms with van der Waals surface area (Å²) < 4.78 is 0. The van der Waals surface area contributed by atoms with Gasteiger partial charge in [-0.05, 0) is 68.0 Å². The Morgan fingerprint density at radius 3 is 1.76 bits per heavy atom. The van der Waals surface area contributed by atoms with E-state index in [0.29, 0.717) is 0 Å².